The van der Waals surface area contributed by atoms with Crippen molar-refractivity contribution in [3.05, 3.63) is 77.5 Å². The number of rotatable bonds is 5. The monoisotopic (exact) mass is 307 g/mol. The first-order valence-electron chi connectivity index (χ1n) is 7.70. The minimum atomic E-state index is 0.526. The molecule has 0 unspecified atom stereocenters. The maximum absolute atomic E-state index is 6.09. The van der Waals surface area contributed by atoms with Crippen LogP contribution in [0, 0.1) is 13.8 Å². The number of hydrogen-bond donors (Lipinski definition) is 0. The fourth-order valence-corrected chi connectivity index (χ4v) is 2.63. The van der Waals surface area contributed by atoms with Crippen LogP contribution in [-0.2, 0) is 6.61 Å². The SMILES string of the molecule is COc1ccccc1-c1cc(C)c(C)n1OCc1ccccc1. The van der Waals surface area contributed by atoms with Crippen molar-refractivity contribution >= 4 is 0 Å². The van der Waals surface area contributed by atoms with E-state index in [-0.39, 0.29) is 0 Å². The number of hydrogen-bond acceptors (Lipinski definition) is 2. The molecule has 3 aromatic rings. The Balaban J connectivity index is 1.97. The van der Waals surface area contributed by atoms with Crippen LogP contribution in [-0.4, -0.2) is 11.8 Å². The highest BCUT2D eigenvalue weighted by molar-refractivity contribution is 5.69. The molecule has 0 N–H and O–H groups in total. The van der Waals surface area contributed by atoms with Gasteiger partial charge in [0.2, 0.25) is 0 Å². The second-order valence-corrected chi connectivity index (χ2v) is 5.55. The Morgan fingerprint density at radius 1 is 0.913 bits per heavy atom. The number of nitrogens with zero attached hydrogens (tertiary/aromatic N) is 1. The lowest BCUT2D eigenvalue weighted by molar-refractivity contribution is 0.0969. The summed E-state index contributed by atoms with van der Waals surface area (Å²) in [5.41, 5.74) is 5.47. The lowest BCUT2D eigenvalue weighted by atomic mass is 10.1. The van der Waals surface area contributed by atoms with E-state index in [4.69, 9.17) is 9.57 Å². The number of benzene rings is 2. The molecule has 1 aromatic heterocycles. The molecule has 3 heteroatoms. The lowest BCUT2D eigenvalue weighted by Gasteiger charge is -2.15. The zero-order chi connectivity index (χ0) is 16.2. The number of methoxy groups -OCH3 is 1. The molecule has 0 radical (unpaired) electrons. The fraction of sp³-hybridized carbons (Fsp3) is 0.200. The van der Waals surface area contributed by atoms with Crippen molar-refractivity contribution in [3.8, 4) is 17.0 Å². The second-order valence-electron chi connectivity index (χ2n) is 5.55. The van der Waals surface area contributed by atoms with Crippen LogP contribution in [0.4, 0.5) is 0 Å². The summed E-state index contributed by atoms with van der Waals surface area (Å²) in [6.07, 6.45) is 0. The van der Waals surface area contributed by atoms with E-state index >= 15 is 0 Å². The smallest absolute Gasteiger partial charge is 0.140 e. The zero-order valence-electron chi connectivity index (χ0n) is 13.7. The molecular weight excluding hydrogens is 286 g/mol. The van der Waals surface area contributed by atoms with E-state index in [1.54, 1.807) is 7.11 Å². The van der Waals surface area contributed by atoms with Gasteiger partial charge < -0.3 is 9.57 Å². The van der Waals surface area contributed by atoms with Crippen molar-refractivity contribution in [3.63, 3.8) is 0 Å². The molecule has 1 heterocycles. The Morgan fingerprint density at radius 3 is 2.35 bits per heavy atom. The van der Waals surface area contributed by atoms with E-state index in [0.29, 0.717) is 6.61 Å². The highest BCUT2D eigenvalue weighted by atomic mass is 16.7. The van der Waals surface area contributed by atoms with Crippen molar-refractivity contribution in [1.29, 1.82) is 0 Å². The molecule has 3 rings (SSSR count). The first kappa shape index (κ1) is 15.2. The van der Waals surface area contributed by atoms with Crippen LogP contribution >= 0.6 is 0 Å². The molecule has 118 valence electrons. The molecule has 3 nitrogen and oxygen atoms in total. The standard InChI is InChI=1S/C20H21NO2/c1-15-13-19(18-11-7-8-12-20(18)22-3)21(16(15)2)23-14-17-9-5-4-6-10-17/h4-13H,14H2,1-3H3. The molecule has 0 aliphatic carbocycles. The summed E-state index contributed by atoms with van der Waals surface area (Å²) >= 11 is 0. The van der Waals surface area contributed by atoms with Gasteiger partial charge in [0.25, 0.3) is 0 Å². The molecule has 23 heavy (non-hydrogen) atoms. The second kappa shape index (κ2) is 6.61. The Kier molecular flexibility index (Phi) is 4.38. The van der Waals surface area contributed by atoms with Gasteiger partial charge >= 0.3 is 0 Å². The molecule has 0 fully saturated rings. The third-order valence-electron chi connectivity index (χ3n) is 4.03. The molecule has 0 atom stereocenters. The maximum atomic E-state index is 6.09. The van der Waals surface area contributed by atoms with E-state index in [2.05, 4.69) is 38.1 Å². The van der Waals surface area contributed by atoms with Crippen molar-refractivity contribution in [1.82, 2.24) is 4.73 Å². The van der Waals surface area contributed by atoms with Crippen LogP contribution in [0.25, 0.3) is 11.3 Å². The van der Waals surface area contributed by atoms with Gasteiger partial charge in [-0.1, -0.05) is 42.5 Å². The predicted molar refractivity (Wildman–Crippen MR) is 92.6 cm³/mol. The molecular formula is C20H21NO2. The van der Waals surface area contributed by atoms with Crippen molar-refractivity contribution in [2.75, 3.05) is 7.11 Å². The molecule has 0 saturated heterocycles. The van der Waals surface area contributed by atoms with Gasteiger partial charge in [-0.05, 0) is 43.2 Å². The summed E-state index contributed by atoms with van der Waals surface area (Å²) in [5.74, 6) is 0.842. The van der Waals surface area contributed by atoms with Gasteiger partial charge in [-0.3, -0.25) is 0 Å². The van der Waals surface area contributed by atoms with Gasteiger partial charge in [-0.15, -0.1) is 0 Å². The maximum Gasteiger partial charge on any atom is 0.140 e. The van der Waals surface area contributed by atoms with Crippen molar-refractivity contribution in [2.24, 2.45) is 0 Å². The average molecular weight is 307 g/mol. The van der Waals surface area contributed by atoms with Crippen LogP contribution in [0.3, 0.4) is 0 Å². The summed E-state index contributed by atoms with van der Waals surface area (Å²) < 4.78 is 7.40. The number of aromatic nitrogens is 1. The van der Waals surface area contributed by atoms with Crippen molar-refractivity contribution < 1.29 is 9.57 Å². The minimum absolute atomic E-state index is 0.526. The Morgan fingerprint density at radius 2 is 1.61 bits per heavy atom. The van der Waals surface area contributed by atoms with E-state index in [1.807, 2.05) is 41.1 Å². The Bertz CT molecular complexity index is 791. The number of ether oxygens (including phenoxy) is 1. The van der Waals surface area contributed by atoms with E-state index in [1.165, 1.54) is 5.56 Å². The van der Waals surface area contributed by atoms with Gasteiger partial charge in [0.1, 0.15) is 12.4 Å². The van der Waals surface area contributed by atoms with Crippen LogP contribution in [0.1, 0.15) is 16.8 Å². The van der Waals surface area contributed by atoms with E-state index in [0.717, 1.165) is 28.3 Å². The van der Waals surface area contributed by atoms with Gasteiger partial charge in [0, 0.05) is 5.56 Å². The largest absolute Gasteiger partial charge is 0.496 e. The topological polar surface area (TPSA) is 23.4 Å². The number of para-hydroxylation sites is 1. The van der Waals surface area contributed by atoms with Crippen LogP contribution in [0.15, 0.2) is 60.7 Å². The lowest BCUT2D eigenvalue weighted by Crippen LogP contribution is -2.14. The summed E-state index contributed by atoms with van der Waals surface area (Å²) in [7, 11) is 1.69. The summed E-state index contributed by atoms with van der Waals surface area (Å²) in [5, 5.41) is 0. The third-order valence-corrected chi connectivity index (χ3v) is 4.03. The Labute approximate surface area is 137 Å². The molecule has 0 bridgehead atoms. The molecule has 0 amide bonds. The van der Waals surface area contributed by atoms with Gasteiger partial charge in [-0.25, -0.2) is 0 Å². The number of aryl methyl sites for hydroxylation is 1. The van der Waals surface area contributed by atoms with Crippen LogP contribution in [0.2, 0.25) is 0 Å². The molecule has 0 spiro atoms. The fourth-order valence-electron chi connectivity index (χ4n) is 2.63. The van der Waals surface area contributed by atoms with Gasteiger partial charge in [0.15, 0.2) is 0 Å². The Hall–Kier alpha value is -2.68. The molecule has 2 aromatic carbocycles. The highest BCUT2D eigenvalue weighted by Crippen LogP contribution is 2.32. The first-order chi connectivity index (χ1) is 11.2. The predicted octanol–water partition coefficient (Wildman–Crippen LogP) is 4.41. The zero-order valence-corrected chi connectivity index (χ0v) is 13.7. The van der Waals surface area contributed by atoms with Crippen molar-refractivity contribution in [2.45, 2.75) is 20.5 Å². The molecule has 0 aliphatic rings. The normalized spacial score (nSPS) is 10.6. The average Bonchev–Trinajstić information content (AvgIpc) is 2.88. The highest BCUT2D eigenvalue weighted by Gasteiger charge is 2.15. The first-order valence-corrected chi connectivity index (χ1v) is 7.70. The van der Waals surface area contributed by atoms with Crippen LogP contribution < -0.4 is 9.57 Å². The summed E-state index contributed by atoms with van der Waals surface area (Å²) in [6, 6.07) is 20.3. The third kappa shape index (κ3) is 3.09. The molecule has 0 saturated carbocycles. The van der Waals surface area contributed by atoms with E-state index < -0.39 is 0 Å². The summed E-state index contributed by atoms with van der Waals surface area (Å²) in [4.78, 5) is 6.09. The van der Waals surface area contributed by atoms with E-state index in [9.17, 15) is 0 Å². The molecule has 0 aliphatic heterocycles. The van der Waals surface area contributed by atoms with Gasteiger partial charge in [0.05, 0.1) is 18.5 Å². The van der Waals surface area contributed by atoms with Crippen LogP contribution in [0.5, 0.6) is 5.75 Å². The summed E-state index contributed by atoms with van der Waals surface area (Å²) in [6.45, 7) is 4.69. The van der Waals surface area contributed by atoms with Gasteiger partial charge in [-0.2, -0.15) is 4.73 Å². The minimum Gasteiger partial charge on any atom is -0.496 e. The quantitative estimate of drug-likeness (QED) is 0.697.